The van der Waals surface area contributed by atoms with Gasteiger partial charge in [0.25, 0.3) is 0 Å². The number of aryl methyl sites for hydroxylation is 1. The molecule has 1 unspecified atom stereocenters. The minimum absolute atomic E-state index is 0.240. The van der Waals surface area contributed by atoms with E-state index in [1.165, 1.54) is 0 Å². The van der Waals surface area contributed by atoms with E-state index in [1.807, 2.05) is 49.6 Å². The van der Waals surface area contributed by atoms with Crippen LogP contribution in [0, 0.1) is 6.92 Å². The average molecular weight is 375 g/mol. The van der Waals surface area contributed by atoms with E-state index in [4.69, 9.17) is 16.3 Å². The van der Waals surface area contributed by atoms with Crippen molar-refractivity contribution in [2.45, 2.75) is 26.7 Å². The van der Waals surface area contributed by atoms with E-state index < -0.39 is 0 Å². The number of allylic oxidation sites excluding steroid dienone is 2. The van der Waals surface area contributed by atoms with Gasteiger partial charge in [0.2, 0.25) is 0 Å². The van der Waals surface area contributed by atoms with Gasteiger partial charge in [-0.15, -0.1) is 11.3 Å². The summed E-state index contributed by atoms with van der Waals surface area (Å²) >= 11 is 7.76. The summed E-state index contributed by atoms with van der Waals surface area (Å²) in [5.74, 6) is -0.557. The first-order chi connectivity index (χ1) is 12.0. The van der Waals surface area contributed by atoms with Gasteiger partial charge in [0, 0.05) is 22.0 Å². The number of dihydropyridines is 1. The first kappa shape index (κ1) is 17.7. The predicted octanol–water partition coefficient (Wildman–Crippen LogP) is 4.67. The summed E-state index contributed by atoms with van der Waals surface area (Å²) in [6.45, 7) is 5.99. The molecule has 2 heterocycles. The second-order valence-electron chi connectivity index (χ2n) is 5.75. The fourth-order valence-corrected chi connectivity index (χ4v) is 3.69. The average Bonchev–Trinajstić information content (AvgIpc) is 3.00. The highest BCUT2D eigenvalue weighted by atomic mass is 35.5. The largest absolute Gasteiger partial charge is 0.463 e. The molecule has 4 nitrogen and oxygen atoms in total. The van der Waals surface area contributed by atoms with Crippen LogP contribution in [0.3, 0.4) is 0 Å². The second kappa shape index (κ2) is 7.42. The van der Waals surface area contributed by atoms with Crippen molar-refractivity contribution in [2.75, 3.05) is 6.61 Å². The molecular weight excluding hydrogens is 356 g/mol. The molecule has 0 bridgehead atoms. The van der Waals surface area contributed by atoms with Gasteiger partial charge in [-0.25, -0.2) is 9.78 Å². The zero-order valence-electron chi connectivity index (χ0n) is 14.3. The molecule has 0 radical (unpaired) electrons. The molecular formula is C19H19ClN2O2S. The number of thiazole rings is 1. The Labute approximate surface area is 156 Å². The zero-order valence-corrected chi connectivity index (χ0v) is 15.9. The number of benzene rings is 1. The fraction of sp³-hybridized carbons (Fsp3) is 0.263. The highest BCUT2D eigenvalue weighted by molar-refractivity contribution is 7.09. The first-order valence-electron chi connectivity index (χ1n) is 8.04. The number of rotatable bonds is 4. The number of hydrogen-bond acceptors (Lipinski definition) is 5. The molecule has 6 heteroatoms. The number of nitrogens with zero attached hydrogens (tertiary/aromatic N) is 1. The van der Waals surface area contributed by atoms with E-state index in [2.05, 4.69) is 10.3 Å². The Hall–Kier alpha value is -2.11. The summed E-state index contributed by atoms with van der Waals surface area (Å²) in [5.41, 5.74) is 4.07. The van der Waals surface area contributed by atoms with Gasteiger partial charge >= 0.3 is 5.97 Å². The Morgan fingerprint density at radius 3 is 2.84 bits per heavy atom. The maximum atomic E-state index is 12.5. The van der Waals surface area contributed by atoms with E-state index in [0.717, 1.165) is 27.7 Å². The molecule has 0 saturated carbocycles. The number of carbonyl (C=O) groups excluding carboxylic acids is 1. The lowest BCUT2D eigenvalue weighted by Gasteiger charge is -2.26. The molecule has 130 valence electrons. The first-order valence-corrected chi connectivity index (χ1v) is 9.30. The normalized spacial score (nSPS) is 17.1. The Morgan fingerprint density at radius 2 is 2.20 bits per heavy atom. The number of aromatic nitrogens is 1. The Kier molecular flexibility index (Phi) is 5.25. The summed E-state index contributed by atoms with van der Waals surface area (Å²) < 4.78 is 5.27. The van der Waals surface area contributed by atoms with Gasteiger partial charge in [-0.05, 0) is 44.5 Å². The molecule has 0 fully saturated rings. The molecule has 1 aromatic heterocycles. The molecule has 1 aromatic carbocycles. The van der Waals surface area contributed by atoms with Crippen molar-refractivity contribution in [3.63, 3.8) is 0 Å². The Balaban J connectivity index is 2.08. The minimum Gasteiger partial charge on any atom is -0.463 e. The lowest BCUT2D eigenvalue weighted by Crippen LogP contribution is -2.26. The van der Waals surface area contributed by atoms with Crippen molar-refractivity contribution in [3.05, 3.63) is 68.3 Å². The van der Waals surface area contributed by atoms with E-state index in [-0.39, 0.29) is 11.9 Å². The van der Waals surface area contributed by atoms with Crippen LogP contribution in [0.4, 0.5) is 0 Å². The molecule has 1 aliphatic heterocycles. The van der Waals surface area contributed by atoms with E-state index >= 15 is 0 Å². The second-order valence-corrected chi connectivity index (χ2v) is 7.25. The molecule has 2 aromatic rings. The standard InChI is InChI=1S/C19H19ClN2O2S/c1-4-24-19(23)18-11(2)21-16(17-10-25-12(3)22-17)9-15(18)13-6-5-7-14(20)8-13/h5-10,15,21H,4H2,1-3H3. The van der Waals surface area contributed by atoms with Crippen molar-refractivity contribution in [1.82, 2.24) is 10.3 Å². The third-order valence-corrected chi connectivity index (χ3v) is 4.98. The molecule has 0 aliphatic carbocycles. The monoisotopic (exact) mass is 374 g/mol. The molecule has 1 atom stereocenters. The van der Waals surface area contributed by atoms with Crippen molar-refractivity contribution < 1.29 is 9.53 Å². The van der Waals surface area contributed by atoms with Gasteiger partial charge in [-0.1, -0.05) is 23.7 Å². The van der Waals surface area contributed by atoms with Crippen LogP contribution in [0.25, 0.3) is 5.70 Å². The lowest BCUT2D eigenvalue weighted by molar-refractivity contribution is -0.138. The van der Waals surface area contributed by atoms with Crippen molar-refractivity contribution >= 4 is 34.6 Å². The third-order valence-electron chi connectivity index (χ3n) is 3.97. The van der Waals surface area contributed by atoms with Gasteiger partial charge in [-0.3, -0.25) is 0 Å². The molecule has 3 rings (SSSR count). The fourth-order valence-electron chi connectivity index (χ4n) is 2.88. The van der Waals surface area contributed by atoms with Crippen LogP contribution >= 0.6 is 22.9 Å². The predicted molar refractivity (Wildman–Crippen MR) is 101 cm³/mol. The molecule has 25 heavy (non-hydrogen) atoms. The van der Waals surface area contributed by atoms with Gasteiger partial charge in [-0.2, -0.15) is 0 Å². The van der Waals surface area contributed by atoms with E-state index in [0.29, 0.717) is 17.2 Å². The highest BCUT2D eigenvalue weighted by Crippen LogP contribution is 2.36. The van der Waals surface area contributed by atoms with Crippen LogP contribution in [0.2, 0.25) is 5.02 Å². The molecule has 0 spiro atoms. The smallest absolute Gasteiger partial charge is 0.336 e. The van der Waals surface area contributed by atoms with Crippen LogP contribution in [-0.2, 0) is 9.53 Å². The molecule has 0 amide bonds. The van der Waals surface area contributed by atoms with Crippen molar-refractivity contribution in [3.8, 4) is 0 Å². The van der Waals surface area contributed by atoms with Crippen LogP contribution in [-0.4, -0.2) is 17.6 Å². The van der Waals surface area contributed by atoms with Gasteiger partial charge in [0.15, 0.2) is 0 Å². The van der Waals surface area contributed by atoms with Gasteiger partial charge < -0.3 is 10.1 Å². The van der Waals surface area contributed by atoms with Crippen molar-refractivity contribution in [1.29, 1.82) is 0 Å². The summed E-state index contributed by atoms with van der Waals surface area (Å²) in [5, 5.41) is 6.94. The highest BCUT2D eigenvalue weighted by Gasteiger charge is 2.29. The number of nitrogens with one attached hydrogen (secondary N) is 1. The maximum absolute atomic E-state index is 12.5. The van der Waals surface area contributed by atoms with Gasteiger partial charge in [0.1, 0.15) is 0 Å². The maximum Gasteiger partial charge on any atom is 0.336 e. The van der Waals surface area contributed by atoms with Crippen LogP contribution in [0.15, 0.2) is 47.0 Å². The SMILES string of the molecule is CCOC(=O)C1=C(C)NC(c2csc(C)n2)=CC1c1cccc(Cl)c1. The topological polar surface area (TPSA) is 51.2 Å². The minimum atomic E-state index is -0.317. The number of esters is 1. The van der Waals surface area contributed by atoms with E-state index in [1.54, 1.807) is 18.3 Å². The summed E-state index contributed by atoms with van der Waals surface area (Å²) in [4.78, 5) is 17.1. The van der Waals surface area contributed by atoms with Gasteiger partial charge in [0.05, 0.1) is 28.6 Å². The summed E-state index contributed by atoms with van der Waals surface area (Å²) in [7, 11) is 0. The van der Waals surface area contributed by atoms with Crippen LogP contribution in [0.5, 0.6) is 0 Å². The number of hydrogen-bond donors (Lipinski definition) is 1. The van der Waals surface area contributed by atoms with Crippen molar-refractivity contribution in [2.24, 2.45) is 0 Å². The van der Waals surface area contributed by atoms with Crippen LogP contribution in [0.1, 0.15) is 36.0 Å². The number of ether oxygens (including phenoxy) is 1. The number of halogens is 1. The molecule has 1 N–H and O–H groups in total. The third kappa shape index (κ3) is 3.78. The summed E-state index contributed by atoms with van der Waals surface area (Å²) in [6.07, 6.45) is 2.01. The lowest BCUT2D eigenvalue weighted by atomic mass is 9.86. The zero-order chi connectivity index (χ0) is 18.0. The van der Waals surface area contributed by atoms with Crippen LogP contribution < -0.4 is 5.32 Å². The Bertz CT molecular complexity index is 870. The Morgan fingerprint density at radius 1 is 1.40 bits per heavy atom. The number of carbonyl (C=O) groups is 1. The van der Waals surface area contributed by atoms with E-state index in [9.17, 15) is 4.79 Å². The summed E-state index contributed by atoms with van der Waals surface area (Å²) in [6, 6.07) is 7.55. The molecule has 0 saturated heterocycles. The quantitative estimate of drug-likeness (QED) is 0.790. The molecule has 1 aliphatic rings.